The molecular weight excluding hydrogens is 183 g/mol. The van der Waals surface area contributed by atoms with Crippen molar-refractivity contribution >= 4 is 23.2 Å². The van der Waals surface area contributed by atoms with Crippen molar-refractivity contribution in [2.45, 2.75) is 13.0 Å². The Morgan fingerprint density at radius 2 is 2.18 bits per heavy atom. The lowest BCUT2D eigenvalue weighted by atomic mass is 10.2. The van der Waals surface area contributed by atoms with Crippen molar-refractivity contribution in [1.82, 2.24) is 4.98 Å². The molecule has 0 saturated carbocycles. The minimum absolute atomic E-state index is 0.153. The van der Waals surface area contributed by atoms with Gasteiger partial charge in [-0.3, -0.25) is 4.98 Å². The molecule has 0 aliphatic heterocycles. The molecule has 0 radical (unpaired) electrons. The van der Waals surface area contributed by atoms with Crippen molar-refractivity contribution in [1.29, 1.82) is 0 Å². The number of pyridine rings is 1. The van der Waals surface area contributed by atoms with Crippen LogP contribution >= 0.6 is 23.2 Å². The standard InChI is InChI=1S/C7H8Cl2N2/c1-4(10)7-6(9)2-5(8)3-11-7/h2-4H,10H2,1H3/t4-/m1/s1. The predicted molar refractivity (Wildman–Crippen MR) is 46.9 cm³/mol. The highest BCUT2D eigenvalue weighted by atomic mass is 35.5. The molecule has 0 aromatic carbocycles. The van der Waals surface area contributed by atoms with Crippen molar-refractivity contribution in [3.63, 3.8) is 0 Å². The largest absolute Gasteiger partial charge is 0.323 e. The maximum atomic E-state index is 5.80. The van der Waals surface area contributed by atoms with Gasteiger partial charge in [-0.15, -0.1) is 0 Å². The Hall–Kier alpha value is -0.310. The maximum Gasteiger partial charge on any atom is 0.0755 e. The Bertz CT molecular complexity index is 261. The third-order valence-corrected chi connectivity index (χ3v) is 1.78. The zero-order valence-electron chi connectivity index (χ0n) is 6.01. The van der Waals surface area contributed by atoms with E-state index in [0.29, 0.717) is 15.7 Å². The number of hydrogen-bond donors (Lipinski definition) is 1. The molecule has 0 spiro atoms. The third kappa shape index (κ3) is 2.06. The fourth-order valence-electron chi connectivity index (χ4n) is 0.760. The molecule has 0 bridgehead atoms. The Labute approximate surface area is 75.3 Å². The molecule has 1 rings (SSSR count). The normalized spacial score (nSPS) is 13.1. The van der Waals surface area contributed by atoms with E-state index in [1.807, 2.05) is 6.92 Å². The van der Waals surface area contributed by atoms with E-state index in [9.17, 15) is 0 Å². The van der Waals surface area contributed by atoms with Gasteiger partial charge in [0.1, 0.15) is 0 Å². The zero-order chi connectivity index (χ0) is 8.43. The number of rotatable bonds is 1. The Kier molecular flexibility index (Phi) is 2.71. The fourth-order valence-corrected chi connectivity index (χ4v) is 1.31. The first-order valence-corrected chi connectivity index (χ1v) is 3.93. The molecule has 0 aliphatic carbocycles. The Morgan fingerprint density at radius 3 is 2.64 bits per heavy atom. The minimum Gasteiger partial charge on any atom is -0.323 e. The van der Waals surface area contributed by atoms with Crippen molar-refractivity contribution in [3.8, 4) is 0 Å². The Balaban J connectivity index is 3.09. The summed E-state index contributed by atoms with van der Waals surface area (Å²) in [6.07, 6.45) is 1.53. The molecule has 60 valence electrons. The lowest BCUT2D eigenvalue weighted by Crippen LogP contribution is -2.07. The molecular formula is C7H8Cl2N2. The van der Waals surface area contributed by atoms with Crippen molar-refractivity contribution < 1.29 is 0 Å². The van der Waals surface area contributed by atoms with Gasteiger partial charge in [0.05, 0.1) is 15.7 Å². The van der Waals surface area contributed by atoms with Gasteiger partial charge in [0.15, 0.2) is 0 Å². The molecule has 11 heavy (non-hydrogen) atoms. The zero-order valence-corrected chi connectivity index (χ0v) is 7.52. The number of halogens is 2. The van der Waals surface area contributed by atoms with E-state index in [1.54, 1.807) is 6.07 Å². The first-order valence-electron chi connectivity index (χ1n) is 3.18. The topological polar surface area (TPSA) is 38.9 Å². The summed E-state index contributed by atoms with van der Waals surface area (Å²) in [5.74, 6) is 0. The van der Waals surface area contributed by atoms with Crippen LogP contribution < -0.4 is 5.73 Å². The molecule has 1 heterocycles. The molecule has 0 amide bonds. The van der Waals surface area contributed by atoms with Crippen LogP contribution in [0.15, 0.2) is 12.3 Å². The summed E-state index contributed by atoms with van der Waals surface area (Å²) in [6.45, 7) is 1.82. The van der Waals surface area contributed by atoms with Gasteiger partial charge in [-0.25, -0.2) is 0 Å². The van der Waals surface area contributed by atoms with Crippen LogP contribution in [0, 0.1) is 0 Å². The van der Waals surface area contributed by atoms with Crippen molar-refractivity contribution in [2.24, 2.45) is 5.73 Å². The lowest BCUT2D eigenvalue weighted by molar-refractivity contribution is 0.781. The average Bonchev–Trinajstić information content (AvgIpc) is 1.85. The van der Waals surface area contributed by atoms with E-state index in [1.165, 1.54) is 6.20 Å². The van der Waals surface area contributed by atoms with E-state index in [4.69, 9.17) is 28.9 Å². The van der Waals surface area contributed by atoms with E-state index < -0.39 is 0 Å². The monoisotopic (exact) mass is 190 g/mol. The molecule has 1 aromatic rings. The molecule has 1 aromatic heterocycles. The van der Waals surface area contributed by atoms with E-state index in [2.05, 4.69) is 4.98 Å². The summed E-state index contributed by atoms with van der Waals surface area (Å²) in [5.41, 5.74) is 6.25. The van der Waals surface area contributed by atoms with Gasteiger partial charge in [0.2, 0.25) is 0 Å². The fraction of sp³-hybridized carbons (Fsp3) is 0.286. The molecule has 1 atom stereocenters. The van der Waals surface area contributed by atoms with E-state index >= 15 is 0 Å². The van der Waals surface area contributed by atoms with Gasteiger partial charge < -0.3 is 5.73 Å². The smallest absolute Gasteiger partial charge is 0.0755 e. The summed E-state index contributed by atoms with van der Waals surface area (Å²) in [5, 5.41) is 1.05. The van der Waals surface area contributed by atoms with Crippen LogP contribution in [-0.4, -0.2) is 4.98 Å². The van der Waals surface area contributed by atoms with E-state index in [0.717, 1.165) is 0 Å². The van der Waals surface area contributed by atoms with Crippen LogP contribution in [0.2, 0.25) is 10.0 Å². The van der Waals surface area contributed by atoms with Crippen LogP contribution in [0.1, 0.15) is 18.7 Å². The molecule has 0 aliphatic rings. The van der Waals surface area contributed by atoms with Gasteiger partial charge in [0.25, 0.3) is 0 Å². The summed E-state index contributed by atoms with van der Waals surface area (Å²) in [7, 11) is 0. The Morgan fingerprint density at radius 1 is 1.55 bits per heavy atom. The highest BCUT2D eigenvalue weighted by molar-refractivity contribution is 6.34. The van der Waals surface area contributed by atoms with Crippen LogP contribution in [0.4, 0.5) is 0 Å². The second-order valence-corrected chi connectivity index (χ2v) is 3.15. The number of hydrogen-bond acceptors (Lipinski definition) is 2. The van der Waals surface area contributed by atoms with Crippen LogP contribution in [0.3, 0.4) is 0 Å². The molecule has 2 nitrogen and oxygen atoms in total. The summed E-state index contributed by atoms with van der Waals surface area (Å²) in [6, 6.07) is 1.48. The molecule has 2 N–H and O–H groups in total. The third-order valence-electron chi connectivity index (χ3n) is 1.27. The quantitative estimate of drug-likeness (QED) is 0.740. The summed E-state index contributed by atoms with van der Waals surface area (Å²) >= 11 is 11.4. The highest BCUT2D eigenvalue weighted by Gasteiger charge is 2.06. The number of nitrogens with zero attached hydrogens (tertiary/aromatic N) is 1. The predicted octanol–water partition coefficient (Wildman–Crippen LogP) is 2.41. The highest BCUT2D eigenvalue weighted by Crippen LogP contribution is 2.21. The average molecular weight is 191 g/mol. The first-order chi connectivity index (χ1) is 5.11. The van der Waals surface area contributed by atoms with E-state index in [-0.39, 0.29) is 6.04 Å². The van der Waals surface area contributed by atoms with Crippen LogP contribution in [0.25, 0.3) is 0 Å². The second-order valence-electron chi connectivity index (χ2n) is 2.31. The van der Waals surface area contributed by atoms with Crippen LogP contribution in [-0.2, 0) is 0 Å². The summed E-state index contributed by atoms with van der Waals surface area (Å²) < 4.78 is 0. The van der Waals surface area contributed by atoms with Gasteiger partial charge >= 0.3 is 0 Å². The van der Waals surface area contributed by atoms with Gasteiger partial charge in [-0.1, -0.05) is 23.2 Å². The maximum absolute atomic E-state index is 5.80. The molecule has 0 fully saturated rings. The minimum atomic E-state index is -0.153. The summed E-state index contributed by atoms with van der Waals surface area (Å²) in [4.78, 5) is 3.99. The SMILES string of the molecule is C[C@@H](N)c1ncc(Cl)cc1Cl. The molecule has 0 unspecified atom stereocenters. The van der Waals surface area contributed by atoms with Crippen molar-refractivity contribution in [2.75, 3.05) is 0 Å². The first kappa shape index (κ1) is 8.78. The van der Waals surface area contributed by atoms with Gasteiger partial charge in [-0.05, 0) is 13.0 Å². The number of nitrogens with two attached hydrogens (primary N) is 1. The molecule has 0 saturated heterocycles. The molecule has 4 heteroatoms. The van der Waals surface area contributed by atoms with Crippen LogP contribution in [0.5, 0.6) is 0 Å². The van der Waals surface area contributed by atoms with Gasteiger partial charge in [-0.2, -0.15) is 0 Å². The number of aromatic nitrogens is 1. The second kappa shape index (κ2) is 3.39. The lowest BCUT2D eigenvalue weighted by Gasteiger charge is -2.05. The van der Waals surface area contributed by atoms with Crippen molar-refractivity contribution in [3.05, 3.63) is 28.0 Å². The van der Waals surface area contributed by atoms with Gasteiger partial charge in [0, 0.05) is 12.2 Å².